The maximum atomic E-state index is 2.42. The van der Waals surface area contributed by atoms with Crippen molar-refractivity contribution in [3.05, 3.63) is 47.6 Å². The number of hydrogen-bond donors (Lipinski definition) is 0. The summed E-state index contributed by atoms with van der Waals surface area (Å²) in [6, 6.07) is 0. The van der Waals surface area contributed by atoms with Crippen molar-refractivity contribution < 1.29 is 0 Å². The quantitative estimate of drug-likeness (QED) is 0.515. The SMILES string of the molecule is CC1(C)C=CC23C=CC=C(C=C12)C3(C)C. The summed E-state index contributed by atoms with van der Waals surface area (Å²) in [6.45, 7) is 9.35. The normalized spacial score (nSPS) is 37.6. The summed E-state index contributed by atoms with van der Waals surface area (Å²) >= 11 is 0. The zero-order valence-electron chi connectivity index (χ0n) is 9.96. The van der Waals surface area contributed by atoms with E-state index in [2.05, 4.69) is 64.2 Å². The zero-order chi connectivity index (χ0) is 10.9. The van der Waals surface area contributed by atoms with Gasteiger partial charge in [0.15, 0.2) is 0 Å². The van der Waals surface area contributed by atoms with Crippen LogP contribution in [-0.2, 0) is 0 Å². The van der Waals surface area contributed by atoms with E-state index in [9.17, 15) is 0 Å². The highest BCUT2D eigenvalue weighted by Crippen LogP contribution is 2.66. The van der Waals surface area contributed by atoms with Crippen molar-refractivity contribution in [2.24, 2.45) is 16.2 Å². The summed E-state index contributed by atoms with van der Waals surface area (Å²) < 4.78 is 0. The van der Waals surface area contributed by atoms with Crippen LogP contribution in [0, 0.1) is 16.2 Å². The average molecular weight is 198 g/mol. The van der Waals surface area contributed by atoms with Crippen molar-refractivity contribution in [2.45, 2.75) is 27.7 Å². The molecule has 78 valence electrons. The van der Waals surface area contributed by atoms with Crippen LogP contribution in [0.3, 0.4) is 0 Å². The third-order valence-electron chi connectivity index (χ3n) is 4.59. The van der Waals surface area contributed by atoms with Gasteiger partial charge < -0.3 is 0 Å². The van der Waals surface area contributed by atoms with E-state index in [-0.39, 0.29) is 16.2 Å². The molecule has 15 heavy (non-hydrogen) atoms. The number of rotatable bonds is 0. The van der Waals surface area contributed by atoms with Gasteiger partial charge in [-0.3, -0.25) is 0 Å². The van der Waals surface area contributed by atoms with Gasteiger partial charge in [0.05, 0.1) is 0 Å². The summed E-state index contributed by atoms with van der Waals surface area (Å²) in [5.41, 5.74) is 3.68. The van der Waals surface area contributed by atoms with Crippen LogP contribution < -0.4 is 0 Å². The van der Waals surface area contributed by atoms with Gasteiger partial charge in [0, 0.05) is 16.2 Å². The minimum atomic E-state index is 0.167. The Kier molecular flexibility index (Phi) is 1.36. The molecule has 0 heterocycles. The molecule has 3 aliphatic rings. The Morgan fingerprint density at radius 2 is 1.67 bits per heavy atom. The van der Waals surface area contributed by atoms with E-state index in [1.807, 2.05) is 0 Å². The predicted molar refractivity (Wildman–Crippen MR) is 64.4 cm³/mol. The Morgan fingerprint density at radius 3 is 2.40 bits per heavy atom. The minimum Gasteiger partial charge on any atom is -0.0775 e. The van der Waals surface area contributed by atoms with E-state index >= 15 is 0 Å². The molecular formula is C15H18. The molecule has 0 aromatic rings. The first-order valence-electron chi connectivity index (χ1n) is 5.73. The minimum absolute atomic E-state index is 0.167. The molecule has 0 aromatic heterocycles. The molecule has 1 atom stereocenters. The van der Waals surface area contributed by atoms with Crippen LogP contribution in [0.15, 0.2) is 47.6 Å². The third-order valence-corrected chi connectivity index (χ3v) is 4.59. The molecule has 0 fully saturated rings. The Hall–Kier alpha value is -1.04. The predicted octanol–water partition coefficient (Wildman–Crippen LogP) is 4.03. The summed E-state index contributed by atoms with van der Waals surface area (Å²) in [6.07, 6.45) is 14.1. The van der Waals surface area contributed by atoms with Gasteiger partial charge in [0.2, 0.25) is 0 Å². The van der Waals surface area contributed by atoms with Gasteiger partial charge in [0.25, 0.3) is 0 Å². The molecule has 0 heteroatoms. The Labute approximate surface area is 92.1 Å². The van der Waals surface area contributed by atoms with Crippen LogP contribution in [0.5, 0.6) is 0 Å². The summed E-state index contributed by atoms with van der Waals surface area (Å²) in [5, 5.41) is 0. The number of fused-ring (bicyclic) bond motifs is 1. The molecule has 1 spiro atoms. The molecule has 0 amide bonds. The first-order chi connectivity index (χ1) is 6.90. The second-order valence-corrected chi connectivity index (χ2v) is 6.09. The highest BCUT2D eigenvalue weighted by Gasteiger charge is 2.56. The largest absolute Gasteiger partial charge is 0.0775 e. The van der Waals surface area contributed by atoms with E-state index in [0.29, 0.717) is 0 Å². The smallest absolute Gasteiger partial charge is 0.0377 e. The molecule has 0 radical (unpaired) electrons. The maximum Gasteiger partial charge on any atom is 0.0377 e. The second-order valence-electron chi connectivity index (χ2n) is 6.09. The molecule has 2 bridgehead atoms. The molecular weight excluding hydrogens is 180 g/mol. The Bertz CT molecular complexity index is 452. The van der Waals surface area contributed by atoms with Crippen LogP contribution in [-0.4, -0.2) is 0 Å². The second kappa shape index (κ2) is 2.21. The van der Waals surface area contributed by atoms with Crippen LogP contribution in [0.1, 0.15) is 27.7 Å². The van der Waals surface area contributed by atoms with E-state index in [4.69, 9.17) is 0 Å². The van der Waals surface area contributed by atoms with E-state index < -0.39 is 0 Å². The number of allylic oxidation sites excluding steroid dienone is 8. The van der Waals surface area contributed by atoms with Gasteiger partial charge in [-0.1, -0.05) is 64.2 Å². The molecule has 0 saturated carbocycles. The van der Waals surface area contributed by atoms with E-state index in [1.54, 1.807) is 5.57 Å². The lowest BCUT2D eigenvalue weighted by Gasteiger charge is -2.41. The van der Waals surface area contributed by atoms with Crippen molar-refractivity contribution in [3.63, 3.8) is 0 Å². The van der Waals surface area contributed by atoms with Gasteiger partial charge in [-0.15, -0.1) is 0 Å². The van der Waals surface area contributed by atoms with Crippen LogP contribution in [0.25, 0.3) is 0 Å². The van der Waals surface area contributed by atoms with Gasteiger partial charge in [-0.05, 0) is 11.1 Å². The molecule has 0 aliphatic heterocycles. The van der Waals surface area contributed by atoms with Gasteiger partial charge in [-0.2, -0.15) is 0 Å². The zero-order valence-corrected chi connectivity index (χ0v) is 9.96. The fourth-order valence-electron chi connectivity index (χ4n) is 3.39. The molecule has 0 N–H and O–H groups in total. The highest BCUT2D eigenvalue weighted by molar-refractivity contribution is 5.60. The number of hydrogen-bond acceptors (Lipinski definition) is 0. The van der Waals surface area contributed by atoms with E-state index in [0.717, 1.165) is 0 Å². The molecule has 3 rings (SSSR count). The first-order valence-corrected chi connectivity index (χ1v) is 5.73. The topological polar surface area (TPSA) is 0 Å². The third kappa shape index (κ3) is 0.806. The molecule has 0 nitrogen and oxygen atoms in total. The lowest BCUT2D eigenvalue weighted by atomic mass is 9.61. The first kappa shape index (κ1) is 9.21. The van der Waals surface area contributed by atoms with Crippen molar-refractivity contribution in [3.8, 4) is 0 Å². The van der Waals surface area contributed by atoms with Crippen LogP contribution in [0.2, 0.25) is 0 Å². The Morgan fingerprint density at radius 1 is 0.933 bits per heavy atom. The lowest BCUT2D eigenvalue weighted by molar-refractivity contribution is 0.284. The van der Waals surface area contributed by atoms with E-state index in [1.165, 1.54) is 5.57 Å². The fraction of sp³-hybridized carbons (Fsp3) is 0.467. The standard InChI is InChI=1S/C15H18/c1-13(2)8-9-15-7-5-6-11(10-12(13)15)14(15,3)4/h5-10H,1-4H3. The van der Waals surface area contributed by atoms with Crippen molar-refractivity contribution >= 4 is 0 Å². The fourth-order valence-corrected chi connectivity index (χ4v) is 3.39. The van der Waals surface area contributed by atoms with Crippen molar-refractivity contribution in [2.75, 3.05) is 0 Å². The molecule has 0 saturated heterocycles. The summed E-state index contributed by atoms with van der Waals surface area (Å²) in [7, 11) is 0. The highest BCUT2D eigenvalue weighted by atomic mass is 14.6. The molecule has 0 aromatic carbocycles. The van der Waals surface area contributed by atoms with Crippen LogP contribution >= 0.6 is 0 Å². The monoisotopic (exact) mass is 198 g/mol. The Balaban J connectivity index is 2.31. The van der Waals surface area contributed by atoms with Gasteiger partial charge in [-0.25, -0.2) is 0 Å². The summed E-state index contributed by atoms with van der Waals surface area (Å²) in [5.74, 6) is 0. The maximum absolute atomic E-state index is 2.42. The van der Waals surface area contributed by atoms with Gasteiger partial charge in [0.1, 0.15) is 0 Å². The lowest BCUT2D eigenvalue weighted by Crippen LogP contribution is -2.34. The van der Waals surface area contributed by atoms with Crippen molar-refractivity contribution in [1.82, 2.24) is 0 Å². The van der Waals surface area contributed by atoms with Crippen molar-refractivity contribution in [1.29, 1.82) is 0 Å². The summed E-state index contributed by atoms with van der Waals surface area (Å²) in [4.78, 5) is 0. The van der Waals surface area contributed by atoms with Crippen LogP contribution in [0.4, 0.5) is 0 Å². The average Bonchev–Trinajstić information content (AvgIpc) is 2.42. The molecule has 3 aliphatic carbocycles. The molecule has 1 unspecified atom stereocenters. The van der Waals surface area contributed by atoms with Gasteiger partial charge >= 0.3 is 0 Å².